The van der Waals surface area contributed by atoms with Crippen molar-refractivity contribution in [2.45, 2.75) is 256 Å². The van der Waals surface area contributed by atoms with Crippen LogP contribution in [0.2, 0.25) is 0 Å². The van der Waals surface area contributed by atoms with Gasteiger partial charge in [0.2, 0.25) is 0 Å². The van der Waals surface area contributed by atoms with Crippen molar-refractivity contribution in [3.8, 4) is 0 Å². The van der Waals surface area contributed by atoms with Crippen LogP contribution in [-0.4, -0.2) is 113 Å². The van der Waals surface area contributed by atoms with Crippen LogP contribution in [-0.2, 0) is 9.53 Å². The van der Waals surface area contributed by atoms with Crippen molar-refractivity contribution in [1.29, 1.82) is 0 Å². The minimum atomic E-state index is -0.687. The molecule has 0 radical (unpaired) electrons. The predicted molar refractivity (Wildman–Crippen MR) is 217 cm³/mol. The standard InChI is InChI=1S/C44H84O11/c1-32-13-5-26-39(51)30-40(52)27-11-24-37(49)22-9-20-35(47)18-7-16-33(45)14-6-15-34(46)17-8-19-36(48)21-10-23-38(50)25-12-28-41(53)31-42(44(2,3)4)55-43(54)29-32/h29,33-42,45-53H,5-28,30-31H2,1-4H3/t33-,34-,35+,36+,37-,38+,39-,40+,41-,42-/m0/s1. The Bertz CT molecular complexity index is 985. The number of ether oxygens (including phenoxy) is 1. The maximum atomic E-state index is 12.8. The van der Waals surface area contributed by atoms with E-state index in [4.69, 9.17) is 4.74 Å². The van der Waals surface area contributed by atoms with Crippen molar-refractivity contribution in [3.63, 3.8) is 0 Å². The molecule has 0 unspecified atom stereocenters. The van der Waals surface area contributed by atoms with E-state index < -0.39 is 72.4 Å². The molecule has 9 N–H and O–H groups in total. The quantitative estimate of drug-likeness (QED) is 0.125. The number of hydrogen-bond acceptors (Lipinski definition) is 11. The molecule has 0 saturated carbocycles. The lowest BCUT2D eigenvalue weighted by Gasteiger charge is -2.31. The van der Waals surface area contributed by atoms with Gasteiger partial charge < -0.3 is 50.7 Å². The first-order valence-electron chi connectivity index (χ1n) is 21.9. The number of aliphatic hydroxyl groups excluding tert-OH is 9. The summed E-state index contributed by atoms with van der Waals surface area (Å²) in [5.41, 5.74) is 0.436. The summed E-state index contributed by atoms with van der Waals surface area (Å²) in [6.07, 6.45) is 11.0. The van der Waals surface area contributed by atoms with E-state index in [1.807, 2.05) is 27.7 Å². The lowest BCUT2D eigenvalue weighted by molar-refractivity contribution is -0.150. The highest BCUT2D eigenvalue weighted by Gasteiger charge is 2.30. The Kier molecular flexibility index (Phi) is 28.3. The molecule has 1 heterocycles. The predicted octanol–water partition coefficient (Wildman–Crippen LogP) is 6.29. The molecule has 0 aromatic carbocycles. The average molecular weight is 789 g/mol. The monoisotopic (exact) mass is 789 g/mol. The Labute approximate surface area is 333 Å². The van der Waals surface area contributed by atoms with Crippen LogP contribution < -0.4 is 0 Å². The van der Waals surface area contributed by atoms with Gasteiger partial charge in [-0.2, -0.15) is 0 Å². The Morgan fingerprint density at radius 3 is 0.982 bits per heavy atom. The number of carbonyl (C=O) groups is 1. The topological polar surface area (TPSA) is 208 Å². The molecule has 0 bridgehead atoms. The Morgan fingerprint density at radius 2 is 0.691 bits per heavy atom. The van der Waals surface area contributed by atoms with Crippen LogP contribution in [0.4, 0.5) is 0 Å². The van der Waals surface area contributed by atoms with Gasteiger partial charge in [0, 0.05) is 12.5 Å². The van der Waals surface area contributed by atoms with Gasteiger partial charge in [0.1, 0.15) is 6.10 Å². The van der Waals surface area contributed by atoms with Crippen LogP contribution >= 0.6 is 0 Å². The van der Waals surface area contributed by atoms with E-state index in [-0.39, 0.29) is 6.42 Å². The maximum absolute atomic E-state index is 12.8. The molecule has 326 valence electrons. The normalized spacial score (nSPS) is 34.5. The van der Waals surface area contributed by atoms with Crippen LogP contribution in [0.5, 0.6) is 0 Å². The summed E-state index contributed by atoms with van der Waals surface area (Å²) in [5.74, 6) is -0.464. The summed E-state index contributed by atoms with van der Waals surface area (Å²) in [5, 5.41) is 94.1. The van der Waals surface area contributed by atoms with Crippen molar-refractivity contribution in [1.82, 2.24) is 0 Å². The molecule has 55 heavy (non-hydrogen) atoms. The van der Waals surface area contributed by atoms with Crippen molar-refractivity contribution in [3.05, 3.63) is 11.6 Å². The second-order valence-electron chi connectivity index (χ2n) is 18.0. The van der Waals surface area contributed by atoms with Gasteiger partial charge in [0.15, 0.2) is 0 Å². The maximum Gasteiger partial charge on any atom is 0.330 e. The highest BCUT2D eigenvalue weighted by atomic mass is 16.5. The van der Waals surface area contributed by atoms with Gasteiger partial charge in [0.25, 0.3) is 0 Å². The van der Waals surface area contributed by atoms with E-state index >= 15 is 0 Å². The number of cyclic esters (lactones) is 1. The Balaban J connectivity index is 2.68. The molecule has 0 aromatic rings. The number of esters is 1. The summed E-state index contributed by atoms with van der Waals surface area (Å²) in [6, 6.07) is 0. The van der Waals surface area contributed by atoms with E-state index in [1.165, 1.54) is 6.08 Å². The summed E-state index contributed by atoms with van der Waals surface area (Å²) in [4.78, 5) is 12.8. The zero-order valence-electron chi connectivity index (χ0n) is 35.1. The second kappa shape index (κ2) is 30.0. The van der Waals surface area contributed by atoms with Crippen LogP contribution in [0, 0.1) is 5.41 Å². The fourth-order valence-electron chi connectivity index (χ4n) is 7.55. The van der Waals surface area contributed by atoms with Gasteiger partial charge in [-0.25, -0.2) is 4.79 Å². The van der Waals surface area contributed by atoms with E-state index in [9.17, 15) is 50.8 Å². The first-order chi connectivity index (χ1) is 25.9. The molecule has 10 atom stereocenters. The first kappa shape index (κ1) is 51.9. The Hall–Kier alpha value is -1.15. The van der Waals surface area contributed by atoms with E-state index in [1.54, 1.807) is 0 Å². The molecule has 0 fully saturated rings. The summed E-state index contributed by atoms with van der Waals surface area (Å²) < 4.78 is 5.82. The third-order valence-corrected chi connectivity index (χ3v) is 11.3. The summed E-state index contributed by atoms with van der Waals surface area (Å²) in [6.45, 7) is 7.75. The van der Waals surface area contributed by atoms with E-state index in [0.29, 0.717) is 161 Å². The van der Waals surface area contributed by atoms with E-state index in [2.05, 4.69) is 0 Å². The second-order valence-corrected chi connectivity index (χ2v) is 18.0. The molecular formula is C44H84O11. The Morgan fingerprint density at radius 1 is 0.436 bits per heavy atom. The number of aliphatic hydroxyl groups is 9. The third kappa shape index (κ3) is 28.8. The van der Waals surface area contributed by atoms with Gasteiger partial charge in [-0.1, -0.05) is 26.3 Å². The number of hydrogen-bond donors (Lipinski definition) is 9. The molecule has 11 nitrogen and oxygen atoms in total. The summed E-state index contributed by atoms with van der Waals surface area (Å²) >= 11 is 0. The number of allylic oxidation sites excluding steroid dienone is 1. The van der Waals surface area contributed by atoms with Crippen molar-refractivity contribution in [2.24, 2.45) is 5.41 Å². The van der Waals surface area contributed by atoms with Crippen molar-refractivity contribution in [2.75, 3.05) is 0 Å². The largest absolute Gasteiger partial charge is 0.459 e. The van der Waals surface area contributed by atoms with Crippen LogP contribution in [0.3, 0.4) is 0 Å². The van der Waals surface area contributed by atoms with Crippen molar-refractivity contribution < 1.29 is 55.5 Å². The van der Waals surface area contributed by atoms with Crippen molar-refractivity contribution >= 4 is 5.97 Å². The molecular weight excluding hydrogens is 704 g/mol. The lowest BCUT2D eigenvalue weighted by Crippen LogP contribution is -2.34. The van der Waals surface area contributed by atoms with Gasteiger partial charge in [0.05, 0.1) is 54.9 Å². The SMILES string of the molecule is CC1=CC(=O)O[C@H](C(C)(C)C)C[C@@H](O)CCC[C@H](O)CCC[C@H](O)CCC[C@@H](O)CCC[C@H](O)CCC[C@@H](O)CCC[C@H](O)CCC[C@@H](O)C[C@@H](O)CCC1. The molecule has 1 rings (SSSR count). The third-order valence-electron chi connectivity index (χ3n) is 11.3. The fraction of sp³-hybridized carbons (Fsp3) is 0.932. The molecule has 0 aliphatic carbocycles. The molecule has 11 heteroatoms. The molecule has 0 saturated heterocycles. The smallest absolute Gasteiger partial charge is 0.330 e. The average Bonchev–Trinajstić information content (AvgIpc) is 3.07. The summed E-state index contributed by atoms with van der Waals surface area (Å²) in [7, 11) is 0. The van der Waals surface area contributed by atoms with Gasteiger partial charge >= 0.3 is 5.97 Å². The zero-order valence-corrected chi connectivity index (χ0v) is 35.1. The van der Waals surface area contributed by atoms with Gasteiger partial charge in [-0.3, -0.25) is 0 Å². The van der Waals surface area contributed by atoms with Gasteiger partial charge in [-0.15, -0.1) is 0 Å². The molecule has 1 aliphatic rings. The highest BCUT2D eigenvalue weighted by molar-refractivity contribution is 5.82. The van der Waals surface area contributed by atoms with Gasteiger partial charge in [-0.05, 0) is 173 Å². The number of carbonyl (C=O) groups excluding carboxylic acids is 1. The van der Waals surface area contributed by atoms with Crippen LogP contribution in [0.1, 0.15) is 195 Å². The van der Waals surface area contributed by atoms with Crippen LogP contribution in [0.15, 0.2) is 11.6 Å². The van der Waals surface area contributed by atoms with Crippen LogP contribution in [0.25, 0.3) is 0 Å². The first-order valence-corrected chi connectivity index (χ1v) is 21.9. The zero-order chi connectivity index (χ0) is 41.2. The minimum absolute atomic E-state index is 0.252. The number of rotatable bonds is 0. The van der Waals surface area contributed by atoms with E-state index in [0.717, 1.165) is 5.57 Å². The highest BCUT2D eigenvalue weighted by Crippen LogP contribution is 2.28. The molecule has 0 spiro atoms. The molecule has 1 aliphatic heterocycles. The molecule has 0 amide bonds. The minimum Gasteiger partial charge on any atom is -0.459 e. The lowest BCUT2D eigenvalue weighted by atomic mass is 9.85. The molecule has 0 aromatic heterocycles. The fourth-order valence-corrected chi connectivity index (χ4v) is 7.55.